The van der Waals surface area contributed by atoms with E-state index < -0.39 is 18.3 Å². The zero-order chi connectivity index (χ0) is 13.9. The Labute approximate surface area is 102 Å². The van der Waals surface area contributed by atoms with Crippen LogP contribution in [0.1, 0.15) is 41.0 Å². The number of rotatable bonds is 6. The first-order chi connectivity index (χ1) is 7.39. The van der Waals surface area contributed by atoms with Crippen molar-refractivity contribution in [3.8, 4) is 0 Å². The van der Waals surface area contributed by atoms with Crippen LogP contribution in [0.25, 0.3) is 0 Å². The van der Waals surface area contributed by atoms with E-state index in [0.29, 0.717) is 19.5 Å². The standard InChI is InChI=1S/C12H25F3N2/c1-6-7-17(9-12(13,14)15)8-10(2,3)11(4,5)16/h6-9,16H2,1-5H3. The molecule has 0 aliphatic rings. The maximum absolute atomic E-state index is 12.4. The number of nitrogens with two attached hydrogens (primary N) is 1. The van der Waals surface area contributed by atoms with Crippen LogP contribution >= 0.6 is 0 Å². The first-order valence-corrected chi connectivity index (χ1v) is 5.97. The molecule has 0 aromatic heterocycles. The largest absolute Gasteiger partial charge is 0.401 e. The predicted octanol–water partition coefficient (Wildman–Crippen LogP) is 3.02. The van der Waals surface area contributed by atoms with Crippen molar-refractivity contribution in [1.82, 2.24) is 4.90 Å². The summed E-state index contributed by atoms with van der Waals surface area (Å²) in [5, 5.41) is 0. The minimum atomic E-state index is -4.15. The van der Waals surface area contributed by atoms with Gasteiger partial charge in [0.1, 0.15) is 0 Å². The monoisotopic (exact) mass is 254 g/mol. The highest BCUT2D eigenvalue weighted by atomic mass is 19.4. The van der Waals surface area contributed by atoms with Crippen molar-refractivity contribution < 1.29 is 13.2 Å². The summed E-state index contributed by atoms with van der Waals surface area (Å²) in [4.78, 5) is 1.44. The average molecular weight is 254 g/mol. The van der Waals surface area contributed by atoms with Gasteiger partial charge in [-0.3, -0.25) is 4.90 Å². The van der Waals surface area contributed by atoms with E-state index in [4.69, 9.17) is 5.73 Å². The summed E-state index contributed by atoms with van der Waals surface area (Å²) in [5.41, 5.74) is 5.14. The number of halogens is 3. The predicted molar refractivity (Wildman–Crippen MR) is 64.8 cm³/mol. The van der Waals surface area contributed by atoms with Gasteiger partial charge in [-0.25, -0.2) is 0 Å². The van der Waals surface area contributed by atoms with Crippen LogP contribution in [0.5, 0.6) is 0 Å². The minimum Gasteiger partial charge on any atom is -0.325 e. The summed E-state index contributed by atoms with van der Waals surface area (Å²) in [6.45, 7) is 9.33. The molecule has 0 aliphatic carbocycles. The third-order valence-corrected chi connectivity index (χ3v) is 3.31. The quantitative estimate of drug-likeness (QED) is 0.789. The van der Waals surface area contributed by atoms with Crippen molar-refractivity contribution in [2.45, 2.75) is 52.8 Å². The van der Waals surface area contributed by atoms with Gasteiger partial charge in [-0.15, -0.1) is 0 Å². The Kier molecular flexibility index (Phi) is 5.47. The van der Waals surface area contributed by atoms with Crippen LogP contribution in [-0.2, 0) is 0 Å². The molecule has 0 bridgehead atoms. The Hall–Kier alpha value is -0.290. The molecule has 0 unspecified atom stereocenters. The zero-order valence-corrected chi connectivity index (χ0v) is 11.5. The van der Waals surface area contributed by atoms with E-state index >= 15 is 0 Å². The van der Waals surface area contributed by atoms with E-state index in [9.17, 15) is 13.2 Å². The van der Waals surface area contributed by atoms with Crippen molar-refractivity contribution >= 4 is 0 Å². The second kappa shape index (κ2) is 5.57. The van der Waals surface area contributed by atoms with Gasteiger partial charge in [-0.2, -0.15) is 13.2 Å². The Balaban J connectivity index is 4.65. The van der Waals surface area contributed by atoms with Crippen molar-refractivity contribution in [2.24, 2.45) is 11.1 Å². The van der Waals surface area contributed by atoms with Crippen LogP contribution in [0.15, 0.2) is 0 Å². The molecule has 0 radical (unpaired) electrons. The molecule has 0 aliphatic heterocycles. The summed E-state index contributed by atoms with van der Waals surface area (Å²) in [6, 6.07) is 0. The highest BCUT2D eigenvalue weighted by Gasteiger charge is 2.38. The Bertz CT molecular complexity index is 229. The molecule has 5 heteroatoms. The van der Waals surface area contributed by atoms with Crippen LogP contribution in [0.3, 0.4) is 0 Å². The fraction of sp³-hybridized carbons (Fsp3) is 1.00. The third-order valence-electron chi connectivity index (χ3n) is 3.31. The average Bonchev–Trinajstić information content (AvgIpc) is 1.97. The van der Waals surface area contributed by atoms with Crippen LogP contribution in [-0.4, -0.2) is 36.2 Å². The van der Waals surface area contributed by atoms with Gasteiger partial charge < -0.3 is 5.73 Å². The molecule has 0 amide bonds. The van der Waals surface area contributed by atoms with Crippen molar-refractivity contribution in [3.05, 3.63) is 0 Å². The van der Waals surface area contributed by atoms with Gasteiger partial charge in [0.05, 0.1) is 6.54 Å². The second-order valence-electron chi connectivity index (χ2n) is 5.93. The summed E-state index contributed by atoms with van der Waals surface area (Å²) in [6.07, 6.45) is -3.44. The van der Waals surface area contributed by atoms with Crippen LogP contribution < -0.4 is 5.73 Å². The SMILES string of the molecule is CCCN(CC(F)(F)F)CC(C)(C)C(C)(C)N. The lowest BCUT2D eigenvalue weighted by molar-refractivity contribution is -0.149. The Morgan fingerprint density at radius 2 is 1.47 bits per heavy atom. The Morgan fingerprint density at radius 1 is 1.00 bits per heavy atom. The lowest BCUT2D eigenvalue weighted by Crippen LogP contribution is -2.54. The van der Waals surface area contributed by atoms with Gasteiger partial charge >= 0.3 is 6.18 Å². The molecule has 0 aromatic carbocycles. The molecular weight excluding hydrogens is 229 g/mol. The molecule has 0 aromatic rings. The highest BCUT2D eigenvalue weighted by molar-refractivity contribution is 4.92. The first kappa shape index (κ1) is 16.7. The molecule has 0 atom stereocenters. The van der Waals surface area contributed by atoms with E-state index in [-0.39, 0.29) is 5.41 Å². The lowest BCUT2D eigenvalue weighted by atomic mass is 9.75. The van der Waals surface area contributed by atoms with Crippen LogP contribution in [0, 0.1) is 5.41 Å². The fourth-order valence-corrected chi connectivity index (χ4v) is 1.55. The van der Waals surface area contributed by atoms with E-state index in [0.717, 1.165) is 0 Å². The van der Waals surface area contributed by atoms with Gasteiger partial charge in [0.25, 0.3) is 0 Å². The summed E-state index contributed by atoms with van der Waals surface area (Å²) >= 11 is 0. The molecule has 17 heavy (non-hydrogen) atoms. The highest BCUT2D eigenvalue weighted by Crippen LogP contribution is 2.30. The van der Waals surface area contributed by atoms with Gasteiger partial charge in [-0.05, 0) is 32.2 Å². The van der Waals surface area contributed by atoms with Gasteiger partial charge in [0, 0.05) is 12.1 Å². The van der Waals surface area contributed by atoms with Crippen molar-refractivity contribution in [2.75, 3.05) is 19.6 Å². The van der Waals surface area contributed by atoms with Gasteiger partial charge in [0.2, 0.25) is 0 Å². The number of hydrogen-bond acceptors (Lipinski definition) is 2. The molecule has 2 N–H and O–H groups in total. The molecule has 0 spiro atoms. The molecule has 104 valence electrons. The van der Waals surface area contributed by atoms with E-state index in [1.54, 1.807) is 0 Å². The summed E-state index contributed by atoms with van der Waals surface area (Å²) < 4.78 is 37.3. The van der Waals surface area contributed by atoms with Crippen molar-refractivity contribution in [3.63, 3.8) is 0 Å². The number of alkyl halides is 3. The van der Waals surface area contributed by atoms with Gasteiger partial charge in [-0.1, -0.05) is 20.8 Å². The molecule has 0 rings (SSSR count). The third kappa shape index (κ3) is 6.27. The second-order valence-corrected chi connectivity index (χ2v) is 5.93. The van der Waals surface area contributed by atoms with Crippen LogP contribution in [0.2, 0.25) is 0 Å². The maximum atomic E-state index is 12.4. The summed E-state index contributed by atoms with van der Waals surface area (Å²) in [5.74, 6) is 0. The summed E-state index contributed by atoms with van der Waals surface area (Å²) in [7, 11) is 0. The van der Waals surface area contributed by atoms with Gasteiger partial charge in [0.15, 0.2) is 0 Å². The van der Waals surface area contributed by atoms with Crippen molar-refractivity contribution in [1.29, 1.82) is 0 Å². The molecule has 0 saturated carbocycles. The van der Waals surface area contributed by atoms with E-state index in [1.807, 2.05) is 34.6 Å². The molecular formula is C12H25F3N2. The topological polar surface area (TPSA) is 29.3 Å². The first-order valence-electron chi connectivity index (χ1n) is 5.97. The molecule has 0 saturated heterocycles. The minimum absolute atomic E-state index is 0.351. The van der Waals surface area contributed by atoms with E-state index in [1.165, 1.54) is 4.90 Å². The normalized spacial score (nSPS) is 14.5. The lowest BCUT2D eigenvalue weighted by Gasteiger charge is -2.42. The van der Waals surface area contributed by atoms with E-state index in [2.05, 4.69) is 0 Å². The molecule has 0 heterocycles. The molecule has 2 nitrogen and oxygen atoms in total. The molecule has 0 fully saturated rings. The Morgan fingerprint density at radius 3 is 1.76 bits per heavy atom. The number of nitrogens with zero attached hydrogens (tertiary/aromatic N) is 1. The maximum Gasteiger partial charge on any atom is 0.401 e. The fourth-order valence-electron chi connectivity index (χ4n) is 1.55. The zero-order valence-electron chi connectivity index (χ0n) is 11.5. The smallest absolute Gasteiger partial charge is 0.325 e. The number of hydrogen-bond donors (Lipinski definition) is 1. The van der Waals surface area contributed by atoms with Crippen LogP contribution in [0.4, 0.5) is 13.2 Å².